The molecule has 0 N–H and O–H groups in total. The van der Waals surface area contributed by atoms with Gasteiger partial charge in [0.2, 0.25) is 0 Å². The van der Waals surface area contributed by atoms with Crippen LogP contribution in [0.4, 0.5) is 0 Å². The van der Waals surface area contributed by atoms with Crippen LogP contribution in [0.25, 0.3) is 0 Å². The first-order valence-corrected chi connectivity index (χ1v) is 15.6. The van der Waals surface area contributed by atoms with Gasteiger partial charge in [0.15, 0.2) is 0 Å². The zero-order chi connectivity index (χ0) is 21.4. The smallest absolute Gasteiger partial charge is 0.00316 e. The van der Waals surface area contributed by atoms with E-state index in [1.807, 2.05) is 0 Å². The van der Waals surface area contributed by atoms with Crippen molar-refractivity contribution >= 4 is 20.5 Å². The maximum absolute atomic E-state index is 5.09. The highest BCUT2D eigenvalue weighted by molar-refractivity contribution is 8.35. The van der Waals surface area contributed by atoms with Crippen LogP contribution >= 0.6 is 14.2 Å². The summed E-state index contributed by atoms with van der Waals surface area (Å²) in [6, 6.07) is 44.1. The van der Waals surface area contributed by atoms with E-state index in [4.69, 9.17) is 6.30 Å². The zero-order valence-electron chi connectivity index (χ0n) is 18.0. The molecular formula is C29H30P2. The quantitative estimate of drug-likeness (QED) is 0.229. The summed E-state index contributed by atoms with van der Waals surface area (Å²) < 4.78 is 0. The van der Waals surface area contributed by atoms with Gasteiger partial charge in [-0.2, -0.15) is 0 Å². The summed E-state index contributed by atoms with van der Waals surface area (Å²) in [4.78, 5) is 0. The van der Waals surface area contributed by atoms with Crippen molar-refractivity contribution in [2.24, 2.45) is 0 Å². The minimum Gasteiger partial charge on any atom is -0.0961 e. The lowest BCUT2D eigenvalue weighted by Crippen LogP contribution is -1.98. The molecule has 0 saturated carbocycles. The van der Waals surface area contributed by atoms with E-state index in [0.717, 1.165) is 24.6 Å². The molecule has 0 saturated heterocycles. The fourth-order valence-electron chi connectivity index (χ4n) is 4.05. The molecule has 0 aliphatic rings. The molecule has 0 amide bonds. The molecule has 0 bridgehead atoms. The Hall–Kier alpha value is -2.39. The Bertz CT molecular complexity index is 1000. The van der Waals surface area contributed by atoms with Crippen molar-refractivity contribution in [2.75, 3.05) is 0 Å². The van der Waals surface area contributed by atoms with Gasteiger partial charge in [0, 0.05) is 0 Å². The van der Waals surface area contributed by atoms with E-state index >= 15 is 0 Å². The highest BCUT2D eigenvalue weighted by atomic mass is 32.1. The summed E-state index contributed by atoms with van der Waals surface area (Å²) in [7, 11) is -0.306. The summed E-state index contributed by atoms with van der Waals surface area (Å²) in [5.41, 5.74) is 5.74. The maximum atomic E-state index is 5.09. The predicted octanol–water partition coefficient (Wildman–Crippen LogP) is 8.63. The van der Waals surface area contributed by atoms with E-state index in [2.05, 4.69) is 121 Å². The molecule has 2 heteroatoms. The van der Waals surface area contributed by atoms with Crippen molar-refractivity contribution in [2.45, 2.75) is 24.6 Å². The van der Waals surface area contributed by atoms with Crippen molar-refractivity contribution in [1.29, 1.82) is 0 Å². The highest BCUT2D eigenvalue weighted by Crippen LogP contribution is 2.80. The topological polar surface area (TPSA) is 0 Å². The Morgan fingerprint density at radius 3 is 1.06 bits per heavy atom. The van der Waals surface area contributed by atoms with Gasteiger partial charge in [-0.25, -0.2) is 0 Å². The molecule has 0 aromatic heterocycles. The van der Waals surface area contributed by atoms with Crippen LogP contribution in [0.5, 0.6) is 0 Å². The normalized spacial score (nSPS) is 11.5. The molecular weight excluding hydrogens is 410 g/mol. The second-order valence-electron chi connectivity index (χ2n) is 8.18. The Morgan fingerprint density at radius 1 is 0.452 bits per heavy atom. The van der Waals surface area contributed by atoms with Gasteiger partial charge in [0.05, 0.1) is 0 Å². The van der Waals surface area contributed by atoms with Crippen LogP contribution in [-0.2, 0) is 24.6 Å². The molecule has 0 aliphatic heterocycles. The molecule has 4 aromatic rings. The maximum Gasteiger partial charge on any atom is -0.00316 e. The standard InChI is InChI=1S/C29H30P2/c1-31(24-28-18-10-4-11-19-28,25-29-20-12-5-13-21-29)30(22-26-14-6-2-7-15-26)23-27-16-8-3-9-17-27/h2-21H,1,22-25H2. The first kappa shape index (κ1) is 21.8. The molecule has 0 spiro atoms. The lowest BCUT2D eigenvalue weighted by molar-refractivity contribution is 1.31. The third-order valence-electron chi connectivity index (χ3n) is 5.66. The van der Waals surface area contributed by atoms with Crippen molar-refractivity contribution in [3.05, 3.63) is 144 Å². The molecule has 0 unspecified atom stereocenters. The van der Waals surface area contributed by atoms with Crippen molar-refractivity contribution in [1.82, 2.24) is 0 Å². The molecule has 156 valence electrons. The molecule has 4 aromatic carbocycles. The third kappa shape index (κ3) is 6.30. The third-order valence-corrected chi connectivity index (χ3v) is 15.5. The van der Waals surface area contributed by atoms with E-state index in [-0.39, 0.29) is 7.61 Å². The lowest BCUT2D eigenvalue weighted by Gasteiger charge is -2.35. The second kappa shape index (κ2) is 10.8. The molecule has 0 radical (unpaired) electrons. The fourth-order valence-corrected chi connectivity index (χ4v) is 13.3. The van der Waals surface area contributed by atoms with Crippen LogP contribution < -0.4 is 0 Å². The molecule has 0 fully saturated rings. The van der Waals surface area contributed by atoms with Gasteiger partial charge in [-0.3, -0.25) is 0 Å². The SMILES string of the molecule is C=P(Cc1ccccc1)(Cc1ccccc1)P(Cc1ccccc1)Cc1ccccc1. The van der Waals surface area contributed by atoms with Crippen LogP contribution in [0.2, 0.25) is 0 Å². The Morgan fingerprint density at radius 2 is 0.742 bits per heavy atom. The van der Waals surface area contributed by atoms with E-state index in [1.54, 1.807) is 0 Å². The molecule has 0 aliphatic carbocycles. The van der Waals surface area contributed by atoms with Gasteiger partial charge >= 0.3 is 0 Å². The van der Waals surface area contributed by atoms with Crippen molar-refractivity contribution in [3.63, 3.8) is 0 Å². The van der Waals surface area contributed by atoms with Crippen LogP contribution in [0.3, 0.4) is 0 Å². The van der Waals surface area contributed by atoms with Gasteiger partial charge in [0.1, 0.15) is 0 Å². The van der Waals surface area contributed by atoms with Gasteiger partial charge in [-0.1, -0.05) is 142 Å². The van der Waals surface area contributed by atoms with Gasteiger partial charge in [0.25, 0.3) is 0 Å². The first-order valence-electron chi connectivity index (χ1n) is 10.8. The van der Waals surface area contributed by atoms with Gasteiger partial charge in [-0.05, 0) is 46.9 Å². The number of hydrogen-bond donors (Lipinski definition) is 0. The fraction of sp³-hybridized carbons (Fsp3) is 0.138. The van der Waals surface area contributed by atoms with E-state index < -0.39 is 6.57 Å². The van der Waals surface area contributed by atoms with Gasteiger partial charge in [-0.15, -0.1) is 0 Å². The summed E-state index contributed by atoms with van der Waals surface area (Å²) in [6.07, 6.45) is 9.58. The Kier molecular flexibility index (Phi) is 7.58. The second-order valence-corrected chi connectivity index (χ2v) is 16.9. The summed E-state index contributed by atoms with van der Waals surface area (Å²) in [5.74, 6) is 0. The monoisotopic (exact) mass is 440 g/mol. The largest absolute Gasteiger partial charge is 0.0961 e. The summed E-state index contributed by atoms with van der Waals surface area (Å²) >= 11 is 0. The van der Waals surface area contributed by atoms with Crippen LogP contribution in [0, 0.1) is 0 Å². The molecule has 0 atom stereocenters. The van der Waals surface area contributed by atoms with Crippen molar-refractivity contribution in [3.8, 4) is 0 Å². The highest BCUT2D eigenvalue weighted by Gasteiger charge is 2.27. The summed E-state index contributed by atoms with van der Waals surface area (Å²) in [5, 5.41) is 0. The van der Waals surface area contributed by atoms with Gasteiger partial charge < -0.3 is 0 Å². The van der Waals surface area contributed by atoms with E-state index in [1.165, 1.54) is 22.3 Å². The average Bonchev–Trinajstić information content (AvgIpc) is 2.81. The molecule has 0 heterocycles. The predicted molar refractivity (Wildman–Crippen MR) is 142 cm³/mol. The summed E-state index contributed by atoms with van der Waals surface area (Å²) in [6.45, 7) is -1.54. The molecule has 31 heavy (non-hydrogen) atoms. The van der Waals surface area contributed by atoms with Crippen molar-refractivity contribution < 1.29 is 0 Å². The van der Waals surface area contributed by atoms with Crippen LogP contribution in [0.1, 0.15) is 22.3 Å². The molecule has 4 rings (SSSR count). The minimum absolute atomic E-state index is 0.306. The first-order chi connectivity index (χ1) is 15.2. The Labute approximate surface area is 188 Å². The Balaban J connectivity index is 1.72. The zero-order valence-corrected chi connectivity index (χ0v) is 19.8. The average molecular weight is 441 g/mol. The molecule has 0 nitrogen and oxygen atoms in total. The van der Waals surface area contributed by atoms with Crippen LogP contribution in [0.15, 0.2) is 121 Å². The number of hydrogen-bond acceptors (Lipinski definition) is 0. The lowest BCUT2D eigenvalue weighted by atomic mass is 10.2. The van der Waals surface area contributed by atoms with E-state index in [0.29, 0.717) is 0 Å². The number of rotatable bonds is 9. The minimum atomic E-state index is -1.54. The van der Waals surface area contributed by atoms with E-state index in [9.17, 15) is 0 Å². The van der Waals surface area contributed by atoms with Crippen LogP contribution in [-0.4, -0.2) is 6.30 Å². The number of benzene rings is 4.